The van der Waals surface area contributed by atoms with Crippen molar-refractivity contribution >= 4 is 43.8 Å². The molecule has 0 unspecified atom stereocenters. The van der Waals surface area contributed by atoms with E-state index in [-0.39, 0.29) is 38.4 Å². The fourth-order valence-corrected chi connectivity index (χ4v) is 0.463. The third kappa shape index (κ3) is 14.3. The minimum Gasteiger partial charge on any atom is -0.545 e. The Bertz CT molecular complexity index is 246. The molecule has 0 radical (unpaired) electrons. The van der Waals surface area contributed by atoms with Crippen molar-refractivity contribution in [2.24, 2.45) is 0 Å². The summed E-state index contributed by atoms with van der Waals surface area (Å²) in [4.78, 5) is 22.1. The Hall–Kier alpha value is 0.302. The first kappa shape index (κ1) is 20.7. The van der Waals surface area contributed by atoms with Gasteiger partial charge in [0.15, 0.2) is 0 Å². The molecule has 7 heteroatoms. The molecule has 0 heterocycles. The zero-order valence-corrected chi connectivity index (χ0v) is 15.5. The van der Waals surface area contributed by atoms with E-state index < -0.39 is 11.9 Å². The Morgan fingerprint density at radius 1 is 0.933 bits per heavy atom. The van der Waals surface area contributed by atoms with Gasteiger partial charge in [0.1, 0.15) is 0 Å². The standard InChI is InChI=1S/2C4H5BrO2.Cd/c2*1-3(2-5)4(6)7;/h2*2H,1H3,(H,6,7);/q;;+2/p-2/b2*3-2+;. The number of halogens is 2. The number of carbonyl (C=O) groups excluding carboxylic acids is 2. The summed E-state index contributed by atoms with van der Waals surface area (Å²) in [5.41, 5.74) is 0.389. The van der Waals surface area contributed by atoms with Crippen LogP contribution < -0.4 is 10.2 Å². The van der Waals surface area contributed by atoms with Gasteiger partial charge in [0.25, 0.3) is 0 Å². The van der Waals surface area contributed by atoms with Gasteiger partial charge in [-0.1, -0.05) is 31.9 Å². The van der Waals surface area contributed by atoms with E-state index in [1.165, 1.54) is 23.8 Å². The number of carboxylic acid groups (broad SMARTS) is 2. The molecular formula is C8H8Br2CdO4. The van der Waals surface area contributed by atoms with Crippen LogP contribution in [0.5, 0.6) is 0 Å². The van der Waals surface area contributed by atoms with Crippen LogP contribution >= 0.6 is 31.9 Å². The molecule has 0 amide bonds. The summed E-state index contributed by atoms with van der Waals surface area (Å²) in [5, 5.41) is 19.4. The van der Waals surface area contributed by atoms with Crippen molar-refractivity contribution in [2.45, 2.75) is 13.8 Å². The van der Waals surface area contributed by atoms with Crippen LogP contribution in [-0.4, -0.2) is 11.9 Å². The minimum absolute atomic E-state index is 0. The first-order chi connectivity index (χ1) is 6.36. The molecule has 80 valence electrons. The molecule has 0 aromatic carbocycles. The summed E-state index contributed by atoms with van der Waals surface area (Å²) in [6.45, 7) is 2.90. The van der Waals surface area contributed by atoms with Crippen LogP contribution in [0.4, 0.5) is 0 Å². The molecule has 0 aromatic heterocycles. The first-order valence-electron chi connectivity index (χ1n) is 3.33. The number of carbonyl (C=O) groups is 2. The second kappa shape index (κ2) is 12.4. The number of rotatable bonds is 2. The van der Waals surface area contributed by atoms with Crippen LogP contribution in [0, 0.1) is 0 Å². The van der Waals surface area contributed by atoms with Crippen LogP contribution in [0.2, 0.25) is 0 Å². The van der Waals surface area contributed by atoms with Crippen LogP contribution in [0.25, 0.3) is 0 Å². The van der Waals surface area contributed by atoms with E-state index >= 15 is 0 Å². The van der Waals surface area contributed by atoms with Gasteiger partial charge in [0, 0.05) is 0 Å². The molecule has 0 fully saturated rings. The fourth-order valence-electron chi connectivity index (χ4n) is 0.0891. The molecule has 0 aliphatic rings. The molecule has 15 heavy (non-hydrogen) atoms. The SMILES string of the molecule is C/C(=C\Br)C(=O)[O-].C/C(=C\Br)C(=O)[O-].[Cd+2]. The second-order valence-electron chi connectivity index (χ2n) is 2.16. The van der Waals surface area contributed by atoms with Crippen molar-refractivity contribution in [3.8, 4) is 0 Å². The van der Waals surface area contributed by atoms with Gasteiger partial charge in [0.05, 0.1) is 11.9 Å². The Kier molecular flexibility index (Phi) is 17.1. The number of aliphatic carboxylic acids is 2. The average molecular weight is 440 g/mol. The fraction of sp³-hybridized carbons (Fsp3) is 0.250. The summed E-state index contributed by atoms with van der Waals surface area (Å²) in [6.07, 6.45) is 0. The molecule has 4 nitrogen and oxygen atoms in total. The van der Waals surface area contributed by atoms with Gasteiger partial charge in [-0.3, -0.25) is 0 Å². The van der Waals surface area contributed by atoms with E-state index in [2.05, 4.69) is 31.9 Å². The van der Waals surface area contributed by atoms with Crippen molar-refractivity contribution in [1.29, 1.82) is 0 Å². The molecule has 0 saturated heterocycles. The largest absolute Gasteiger partial charge is 2.00 e. The van der Waals surface area contributed by atoms with E-state index in [0.717, 1.165) is 0 Å². The molecule has 0 bridgehead atoms. The Morgan fingerprint density at radius 2 is 1.13 bits per heavy atom. The summed E-state index contributed by atoms with van der Waals surface area (Å²) in [6, 6.07) is 0. The summed E-state index contributed by atoms with van der Waals surface area (Å²) < 4.78 is 0. The monoisotopic (exact) mass is 440 g/mol. The maximum Gasteiger partial charge on any atom is 2.00 e. The number of hydrogen-bond acceptors (Lipinski definition) is 4. The van der Waals surface area contributed by atoms with Crippen LogP contribution in [0.3, 0.4) is 0 Å². The molecule has 0 atom stereocenters. The Labute approximate surface area is 125 Å². The summed E-state index contributed by atoms with van der Waals surface area (Å²) >= 11 is 5.66. The minimum atomic E-state index is -1.14. The van der Waals surface area contributed by atoms with E-state index in [9.17, 15) is 19.8 Å². The number of carboxylic acids is 2. The predicted molar refractivity (Wildman–Crippen MR) is 55.4 cm³/mol. The van der Waals surface area contributed by atoms with Gasteiger partial charge in [-0.15, -0.1) is 0 Å². The van der Waals surface area contributed by atoms with E-state index in [0.29, 0.717) is 0 Å². The van der Waals surface area contributed by atoms with Crippen LogP contribution in [-0.2, 0) is 36.9 Å². The van der Waals surface area contributed by atoms with Crippen molar-refractivity contribution in [3.05, 3.63) is 21.1 Å². The average Bonchev–Trinajstić information content (AvgIpc) is 2.15. The zero-order chi connectivity index (χ0) is 11.7. The van der Waals surface area contributed by atoms with E-state index in [1.807, 2.05) is 0 Å². The molecule has 0 aromatic rings. The second-order valence-corrected chi connectivity index (χ2v) is 3.07. The quantitative estimate of drug-likeness (QED) is 0.450. The van der Waals surface area contributed by atoms with Crippen molar-refractivity contribution in [2.75, 3.05) is 0 Å². The van der Waals surface area contributed by atoms with Crippen LogP contribution in [0.1, 0.15) is 13.8 Å². The molecule has 0 aliphatic carbocycles. The molecule has 0 N–H and O–H groups in total. The van der Waals surface area contributed by atoms with Gasteiger partial charge in [0.2, 0.25) is 0 Å². The van der Waals surface area contributed by atoms with Gasteiger partial charge in [-0.05, 0) is 35.0 Å². The van der Waals surface area contributed by atoms with E-state index in [1.54, 1.807) is 0 Å². The summed E-state index contributed by atoms with van der Waals surface area (Å²) in [5.74, 6) is -2.28. The zero-order valence-electron chi connectivity index (χ0n) is 8.25. The number of hydrogen-bond donors (Lipinski definition) is 0. The van der Waals surface area contributed by atoms with Crippen molar-refractivity contribution in [3.63, 3.8) is 0 Å². The summed E-state index contributed by atoms with van der Waals surface area (Å²) in [7, 11) is 0. The van der Waals surface area contributed by atoms with Gasteiger partial charge >= 0.3 is 27.3 Å². The maximum atomic E-state index is 9.72. The molecule has 0 aliphatic heterocycles. The van der Waals surface area contributed by atoms with Gasteiger partial charge in [-0.25, -0.2) is 0 Å². The molecule has 0 rings (SSSR count). The predicted octanol–water partition coefficient (Wildman–Crippen LogP) is 0.0675. The van der Waals surface area contributed by atoms with Crippen molar-refractivity contribution < 1.29 is 47.1 Å². The Morgan fingerprint density at radius 3 is 1.13 bits per heavy atom. The van der Waals surface area contributed by atoms with Crippen molar-refractivity contribution in [1.82, 2.24) is 0 Å². The normalized spacial score (nSPS) is 10.7. The third-order valence-electron chi connectivity index (χ3n) is 0.971. The van der Waals surface area contributed by atoms with Crippen LogP contribution in [0.15, 0.2) is 21.1 Å². The molecule has 0 saturated carbocycles. The van der Waals surface area contributed by atoms with Gasteiger partial charge < -0.3 is 19.8 Å². The molecular weight excluding hydrogens is 432 g/mol. The Balaban J connectivity index is -0.000000180. The van der Waals surface area contributed by atoms with E-state index in [4.69, 9.17) is 0 Å². The maximum absolute atomic E-state index is 9.72. The topological polar surface area (TPSA) is 80.3 Å². The molecule has 0 spiro atoms. The third-order valence-corrected chi connectivity index (χ3v) is 2.34. The first-order valence-corrected chi connectivity index (χ1v) is 5.16. The van der Waals surface area contributed by atoms with Gasteiger partial charge in [-0.2, -0.15) is 0 Å². The smallest absolute Gasteiger partial charge is 0.545 e.